The van der Waals surface area contributed by atoms with Crippen LogP contribution in [0, 0.1) is 17.2 Å². The van der Waals surface area contributed by atoms with E-state index < -0.39 is 5.41 Å². The van der Waals surface area contributed by atoms with Crippen molar-refractivity contribution in [3.63, 3.8) is 0 Å². The molecule has 2 aromatic rings. The van der Waals surface area contributed by atoms with E-state index in [1.165, 1.54) is 0 Å². The minimum Gasteiger partial charge on any atom is -0.385 e. The van der Waals surface area contributed by atoms with E-state index in [2.05, 4.69) is 53.6 Å². The molecule has 45 heavy (non-hydrogen) atoms. The first-order valence-corrected chi connectivity index (χ1v) is 15.7. The van der Waals surface area contributed by atoms with Crippen molar-refractivity contribution in [2.45, 2.75) is 62.6 Å². The van der Waals surface area contributed by atoms with Crippen molar-refractivity contribution in [1.29, 1.82) is 5.26 Å². The molecule has 10 nitrogen and oxygen atoms in total. The SMILES string of the molecule is C=C(c1ccc2c(c1)CCc1cc(C(=O)N(C)C)ccc1C2(C[C@@H](C)NCC(=O)N1C(C#N)C[C@@H]2C[C@@H]21)/C(N)=N/NC)N(C)C. The zero-order valence-electron chi connectivity index (χ0n) is 27.4. The molecule has 2 unspecified atom stereocenters. The lowest BCUT2D eigenvalue weighted by atomic mass is 9.67. The van der Waals surface area contributed by atoms with Crippen LogP contribution in [0.1, 0.15) is 64.4 Å². The molecular weight excluding hydrogens is 564 g/mol. The Kier molecular flexibility index (Phi) is 8.95. The van der Waals surface area contributed by atoms with Crippen LogP contribution in [0.15, 0.2) is 48.1 Å². The second-order valence-electron chi connectivity index (χ2n) is 13.1. The smallest absolute Gasteiger partial charge is 0.253 e. The van der Waals surface area contributed by atoms with Gasteiger partial charge in [0, 0.05) is 58.6 Å². The van der Waals surface area contributed by atoms with E-state index in [0.717, 1.165) is 59.2 Å². The number of fused-ring (bicyclic) bond motifs is 3. The molecule has 238 valence electrons. The molecule has 1 saturated carbocycles. The zero-order chi connectivity index (χ0) is 32.6. The maximum Gasteiger partial charge on any atom is 0.253 e. The van der Waals surface area contributed by atoms with Gasteiger partial charge in [0.2, 0.25) is 5.91 Å². The van der Waals surface area contributed by atoms with Gasteiger partial charge < -0.3 is 31.2 Å². The molecule has 0 bridgehead atoms. The van der Waals surface area contributed by atoms with E-state index in [1.807, 2.05) is 37.2 Å². The number of piperidine rings is 1. The topological polar surface area (TPSA) is 130 Å². The van der Waals surface area contributed by atoms with Gasteiger partial charge in [0.05, 0.1) is 18.0 Å². The highest BCUT2D eigenvalue weighted by atomic mass is 16.2. The minimum absolute atomic E-state index is 0.0374. The number of amides is 2. The quantitative estimate of drug-likeness (QED) is 0.214. The fraction of sp³-hybridized carbons (Fsp3) is 0.486. The molecule has 0 spiro atoms. The molecule has 4 N–H and O–H groups in total. The number of hydrogen-bond acceptors (Lipinski definition) is 7. The molecule has 0 aromatic heterocycles. The van der Waals surface area contributed by atoms with Gasteiger partial charge in [-0.1, -0.05) is 24.8 Å². The van der Waals surface area contributed by atoms with Crippen LogP contribution in [0.2, 0.25) is 0 Å². The summed E-state index contributed by atoms with van der Waals surface area (Å²) < 4.78 is 0. The lowest BCUT2D eigenvalue weighted by Crippen LogP contribution is -2.50. The van der Waals surface area contributed by atoms with E-state index in [-0.39, 0.29) is 36.5 Å². The van der Waals surface area contributed by atoms with Crippen LogP contribution in [0.4, 0.5) is 0 Å². The Morgan fingerprint density at radius 2 is 1.71 bits per heavy atom. The molecule has 2 amide bonds. The number of nitrogens with one attached hydrogen (secondary N) is 2. The zero-order valence-corrected chi connectivity index (χ0v) is 27.4. The number of rotatable bonds is 10. The Balaban J connectivity index is 1.57. The number of nitrogens with zero attached hydrogens (tertiary/aromatic N) is 5. The summed E-state index contributed by atoms with van der Waals surface area (Å²) in [7, 11) is 9.20. The minimum atomic E-state index is -0.859. The third-order valence-corrected chi connectivity index (χ3v) is 9.74. The highest BCUT2D eigenvalue weighted by Crippen LogP contribution is 2.48. The van der Waals surface area contributed by atoms with Crippen molar-refractivity contribution < 1.29 is 9.59 Å². The summed E-state index contributed by atoms with van der Waals surface area (Å²) in [4.78, 5) is 31.7. The van der Waals surface area contributed by atoms with Gasteiger partial charge in [-0.3, -0.25) is 9.59 Å². The van der Waals surface area contributed by atoms with Gasteiger partial charge in [0.25, 0.3) is 5.91 Å². The largest absolute Gasteiger partial charge is 0.385 e. The Morgan fingerprint density at radius 3 is 2.29 bits per heavy atom. The third kappa shape index (κ3) is 5.89. The number of nitriles is 1. The summed E-state index contributed by atoms with van der Waals surface area (Å²) in [5, 5.41) is 17.7. The normalized spacial score (nSPS) is 23.9. The Labute approximate surface area is 266 Å². The maximum atomic E-state index is 13.3. The van der Waals surface area contributed by atoms with Crippen LogP contribution < -0.4 is 16.5 Å². The van der Waals surface area contributed by atoms with Crippen molar-refractivity contribution in [3.8, 4) is 6.07 Å². The number of aryl methyl sites for hydroxylation is 2. The number of amidine groups is 1. The van der Waals surface area contributed by atoms with Gasteiger partial charge in [-0.05, 0) is 91.0 Å². The Hall–Kier alpha value is -4.36. The second kappa shape index (κ2) is 12.6. The second-order valence-corrected chi connectivity index (χ2v) is 13.1. The lowest BCUT2D eigenvalue weighted by Gasteiger charge is -2.38. The predicted octanol–water partition coefficient (Wildman–Crippen LogP) is 2.68. The number of carbonyl (C=O) groups excluding carboxylic acids is 2. The predicted molar refractivity (Wildman–Crippen MR) is 177 cm³/mol. The molecule has 1 heterocycles. The number of nitrogens with two attached hydrogens (primary N) is 1. The van der Waals surface area contributed by atoms with E-state index >= 15 is 0 Å². The number of likely N-dealkylation sites (tertiary alicyclic amines) is 1. The molecule has 5 rings (SSSR count). The summed E-state index contributed by atoms with van der Waals surface area (Å²) in [5.41, 5.74) is 15.8. The highest BCUT2D eigenvalue weighted by Gasteiger charge is 2.54. The molecular formula is C35H46N8O2. The van der Waals surface area contributed by atoms with Crippen molar-refractivity contribution >= 4 is 23.3 Å². The summed E-state index contributed by atoms with van der Waals surface area (Å²) >= 11 is 0. The van der Waals surface area contributed by atoms with E-state index in [4.69, 9.17) is 5.73 Å². The Bertz CT molecular complexity index is 1500. The lowest BCUT2D eigenvalue weighted by molar-refractivity contribution is -0.131. The van der Waals surface area contributed by atoms with Crippen LogP contribution in [0.3, 0.4) is 0 Å². The van der Waals surface area contributed by atoms with Crippen molar-refractivity contribution in [1.82, 2.24) is 25.4 Å². The fourth-order valence-corrected chi connectivity index (χ4v) is 7.31. The molecule has 2 aliphatic carbocycles. The molecule has 5 atom stereocenters. The maximum absolute atomic E-state index is 13.3. The summed E-state index contributed by atoms with van der Waals surface area (Å²) in [6.07, 6.45) is 3.75. The molecule has 0 radical (unpaired) electrons. The van der Waals surface area contributed by atoms with Gasteiger partial charge >= 0.3 is 0 Å². The Morgan fingerprint density at radius 1 is 1.09 bits per heavy atom. The van der Waals surface area contributed by atoms with E-state index in [1.54, 1.807) is 30.9 Å². The summed E-state index contributed by atoms with van der Waals surface area (Å²) in [5.74, 6) is 0.777. The van der Waals surface area contributed by atoms with Gasteiger partial charge in [-0.25, -0.2) is 0 Å². The van der Waals surface area contributed by atoms with Crippen LogP contribution in [0.25, 0.3) is 5.70 Å². The molecule has 10 heteroatoms. The van der Waals surface area contributed by atoms with Gasteiger partial charge in [0.15, 0.2) is 0 Å². The number of benzene rings is 2. The number of hydrogen-bond donors (Lipinski definition) is 3. The summed E-state index contributed by atoms with van der Waals surface area (Å²) in [6.45, 7) is 6.48. The van der Waals surface area contributed by atoms with Crippen molar-refractivity contribution in [3.05, 3.63) is 76.4 Å². The van der Waals surface area contributed by atoms with Gasteiger partial charge in [-0.2, -0.15) is 10.4 Å². The molecule has 1 aliphatic heterocycles. The number of hydrazone groups is 1. The van der Waals surface area contributed by atoms with E-state index in [9.17, 15) is 14.9 Å². The molecule has 2 aromatic carbocycles. The van der Waals surface area contributed by atoms with Crippen molar-refractivity contribution in [2.24, 2.45) is 16.8 Å². The first-order chi connectivity index (χ1) is 21.4. The standard InChI is InChI=1S/C35H46N8O2/c1-21(39-20-32(44)43-28(19-36)16-27-17-31(27)43)18-35(34(37)40-38-3)29-12-10-23(22(2)41(4)5)14-24(29)8-9-25-15-26(11-13-30(25)35)33(45)42(6)7/h10-15,21,27-28,31,38-39H,2,8-9,16-18,20H2,1,3-7H3,(H2,37,40)/t21-,27-,28?,31+,35?/m1/s1. The van der Waals surface area contributed by atoms with Crippen LogP contribution in [0.5, 0.6) is 0 Å². The molecule has 3 aliphatic rings. The average molecular weight is 611 g/mol. The average Bonchev–Trinajstić information content (AvgIpc) is 3.71. The fourth-order valence-electron chi connectivity index (χ4n) is 7.31. The highest BCUT2D eigenvalue weighted by molar-refractivity contribution is 5.98. The van der Waals surface area contributed by atoms with Crippen LogP contribution in [-0.4, -0.2) is 92.3 Å². The van der Waals surface area contributed by atoms with Crippen LogP contribution in [-0.2, 0) is 23.1 Å². The number of carbonyl (C=O) groups is 2. The van der Waals surface area contributed by atoms with Gasteiger partial charge in [0.1, 0.15) is 11.9 Å². The van der Waals surface area contributed by atoms with Gasteiger partial charge in [-0.15, -0.1) is 0 Å². The molecule has 1 saturated heterocycles. The van der Waals surface area contributed by atoms with Crippen LogP contribution >= 0.6 is 0 Å². The third-order valence-electron chi connectivity index (χ3n) is 9.74. The molecule has 2 fully saturated rings. The summed E-state index contributed by atoms with van der Waals surface area (Å²) in [6, 6.07) is 14.3. The first kappa shape index (κ1) is 32.0. The monoisotopic (exact) mass is 610 g/mol. The first-order valence-electron chi connectivity index (χ1n) is 15.7. The van der Waals surface area contributed by atoms with Crippen molar-refractivity contribution in [2.75, 3.05) is 41.8 Å². The van der Waals surface area contributed by atoms with E-state index in [0.29, 0.717) is 23.7 Å².